The van der Waals surface area contributed by atoms with Crippen molar-refractivity contribution in [3.8, 4) is 0 Å². The van der Waals surface area contributed by atoms with Crippen LogP contribution in [0.1, 0.15) is 11.3 Å². The van der Waals surface area contributed by atoms with E-state index in [9.17, 15) is 10.1 Å². The van der Waals surface area contributed by atoms with Crippen molar-refractivity contribution in [2.75, 3.05) is 13.6 Å². The molecule has 1 N–H and O–H groups in total. The van der Waals surface area contributed by atoms with Crippen LogP contribution in [0.5, 0.6) is 0 Å². The minimum atomic E-state index is -0.538. The van der Waals surface area contributed by atoms with Crippen LogP contribution in [0.15, 0.2) is 12.1 Å². The monoisotopic (exact) mass is 241 g/mol. The molecule has 0 aliphatic rings. The second-order valence-electron chi connectivity index (χ2n) is 3.19. The van der Waals surface area contributed by atoms with Gasteiger partial charge in [-0.2, -0.15) is 0 Å². The topological polar surface area (TPSA) is 68.1 Å². The molecule has 16 heavy (non-hydrogen) atoms. The van der Waals surface area contributed by atoms with Gasteiger partial charge in [-0.15, -0.1) is 0 Å². The van der Waals surface area contributed by atoms with Crippen LogP contribution in [0, 0.1) is 17.0 Å². The van der Waals surface area contributed by atoms with E-state index >= 15 is 0 Å². The highest BCUT2D eigenvalue weighted by molar-refractivity contribution is 6.31. The van der Waals surface area contributed by atoms with E-state index in [0.717, 1.165) is 0 Å². The summed E-state index contributed by atoms with van der Waals surface area (Å²) in [7, 11) is 1.82. The maximum atomic E-state index is 10.7. The molecule has 1 aromatic rings. The molecule has 0 spiro atoms. The molecule has 0 aliphatic carbocycles. The third kappa shape index (κ3) is 3.01. The Morgan fingerprint density at radius 2 is 2.38 bits per heavy atom. The maximum Gasteiger partial charge on any atom is 0.307 e. The Balaban J connectivity index is 3.09. The van der Waals surface area contributed by atoms with Crippen LogP contribution in [-0.4, -0.2) is 23.5 Å². The van der Waals surface area contributed by atoms with Gasteiger partial charge in [-0.3, -0.25) is 10.1 Å². The lowest BCUT2D eigenvalue weighted by Gasteiger charge is -2.01. The van der Waals surface area contributed by atoms with Gasteiger partial charge in [0.1, 0.15) is 0 Å². The summed E-state index contributed by atoms with van der Waals surface area (Å²) in [6.07, 6.45) is 3.64. The van der Waals surface area contributed by atoms with Gasteiger partial charge in [0.15, 0.2) is 0 Å². The summed E-state index contributed by atoms with van der Waals surface area (Å²) in [6, 6.07) is 1.43. The zero-order chi connectivity index (χ0) is 12.1. The average molecular weight is 242 g/mol. The molecule has 0 aromatic carbocycles. The van der Waals surface area contributed by atoms with Gasteiger partial charge in [0.05, 0.1) is 4.92 Å². The molecule has 0 amide bonds. The highest BCUT2D eigenvalue weighted by Gasteiger charge is 2.15. The Bertz CT molecular complexity index is 432. The van der Waals surface area contributed by atoms with E-state index in [1.807, 2.05) is 13.1 Å². The minimum Gasteiger partial charge on any atom is -0.316 e. The standard InChI is InChI=1S/C10H12ClN3O2/c1-7-8(4-3-5-12-2)6-9(14(15)16)10(11)13-7/h3-4,6,12H,5H2,1-2H3. The zero-order valence-corrected chi connectivity index (χ0v) is 9.78. The molecular weight excluding hydrogens is 230 g/mol. The smallest absolute Gasteiger partial charge is 0.307 e. The fourth-order valence-electron chi connectivity index (χ4n) is 1.18. The number of nitro groups is 1. The van der Waals surface area contributed by atoms with E-state index in [4.69, 9.17) is 11.6 Å². The number of aryl methyl sites for hydroxylation is 1. The van der Waals surface area contributed by atoms with E-state index in [1.54, 1.807) is 13.0 Å². The van der Waals surface area contributed by atoms with Gasteiger partial charge in [-0.1, -0.05) is 23.8 Å². The quantitative estimate of drug-likeness (QED) is 0.498. The van der Waals surface area contributed by atoms with E-state index in [0.29, 0.717) is 17.8 Å². The normalized spacial score (nSPS) is 10.9. The van der Waals surface area contributed by atoms with Gasteiger partial charge < -0.3 is 5.32 Å². The van der Waals surface area contributed by atoms with Crippen molar-refractivity contribution in [2.45, 2.75) is 6.92 Å². The van der Waals surface area contributed by atoms with Crippen LogP contribution in [0.3, 0.4) is 0 Å². The summed E-state index contributed by atoms with van der Waals surface area (Å²) in [5, 5.41) is 13.5. The van der Waals surface area contributed by atoms with Crippen LogP contribution in [0.4, 0.5) is 5.69 Å². The van der Waals surface area contributed by atoms with Gasteiger partial charge in [0.2, 0.25) is 5.15 Å². The van der Waals surface area contributed by atoms with E-state index in [1.165, 1.54) is 6.07 Å². The predicted molar refractivity (Wildman–Crippen MR) is 63.6 cm³/mol. The number of hydrogen-bond acceptors (Lipinski definition) is 4. The van der Waals surface area contributed by atoms with Crippen molar-refractivity contribution in [3.63, 3.8) is 0 Å². The molecule has 86 valence electrons. The average Bonchev–Trinajstić information content (AvgIpc) is 2.21. The Morgan fingerprint density at radius 1 is 1.69 bits per heavy atom. The third-order valence-electron chi connectivity index (χ3n) is 2.00. The summed E-state index contributed by atoms with van der Waals surface area (Å²) < 4.78 is 0. The Hall–Kier alpha value is -1.46. The Labute approximate surface area is 98.3 Å². The highest BCUT2D eigenvalue weighted by Crippen LogP contribution is 2.25. The van der Waals surface area contributed by atoms with Gasteiger partial charge >= 0.3 is 5.69 Å². The largest absolute Gasteiger partial charge is 0.316 e. The van der Waals surface area contributed by atoms with Crippen LogP contribution < -0.4 is 5.32 Å². The zero-order valence-electron chi connectivity index (χ0n) is 9.03. The van der Waals surface area contributed by atoms with Gasteiger partial charge in [0.25, 0.3) is 0 Å². The Kier molecular flexibility index (Phi) is 4.39. The number of halogens is 1. The van der Waals surface area contributed by atoms with Crippen molar-refractivity contribution in [3.05, 3.63) is 38.7 Å². The fourth-order valence-corrected chi connectivity index (χ4v) is 1.43. The van der Waals surface area contributed by atoms with Gasteiger partial charge in [-0.05, 0) is 14.0 Å². The Morgan fingerprint density at radius 3 is 2.94 bits per heavy atom. The van der Waals surface area contributed by atoms with Crippen molar-refractivity contribution < 1.29 is 4.92 Å². The summed E-state index contributed by atoms with van der Waals surface area (Å²) in [5.74, 6) is 0. The van der Waals surface area contributed by atoms with E-state index in [-0.39, 0.29) is 10.8 Å². The first-order valence-corrected chi connectivity index (χ1v) is 5.06. The molecule has 1 rings (SSSR count). The summed E-state index contributed by atoms with van der Waals surface area (Å²) in [4.78, 5) is 14.0. The van der Waals surface area contributed by atoms with Crippen molar-refractivity contribution in [2.24, 2.45) is 0 Å². The van der Waals surface area contributed by atoms with Gasteiger partial charge in [0, 0.05) is 23.9 Å². The van der Waals surface area contributed by atoms with E-state index in [2.05, 4.69) is 10.3 Å². The molecular formula is C10H12ClN3O2. The van der Waals surface area contributed by atoms with Crippen LogP contribution >= 0.6 is 11.6 Å². The number of nitrogens with zero attached hydrogens (tertiary/aromatic N) is 2. The lowest BCUT2D eigenvalue weighted by atomic mass is 10.2. The van der Waals surface area contributed by atoms with Crippen LogP contribution in [0.25, 0.3) is 6.08 Å². The van der Waals surface area contributed by atoms with Crippen molar-refractivity contribution >= 4 is 23.4 Å². The molecule has 0 radical (unpaired) electrons. The molecule has 0 bridgehead atoms. The lowest BCUT2D eigenvalue weighted by Crippen LogP contribution is -2.04. The van der Waals surface area contributed by atoms with Crippen molar-refractivity contribution in [1.82, 2.24) is 10.3 Å². The second kappa shape index (κ2) is 5.58. The molecule has 6 heteroatoms. The molecule has 1 heterocycles. The summed E-state index contributed by atoms with van der Waals surface area (Å²) in [6.45, 7) is 2.45. The molecule has 0 atom stereocenters. The van der Waals surface area contributed by atoms with Gasteiger partial charge in [-0.25, -0.2) is 4.98 Å². The second-order valence-corrected chi connectivity index (χ2v) is 3.55. The molecule has 0 fully saturated rings. The first-order chi connectivity index (χ1) is 7.56. The van der Waals surface area contributed by atoms with Crippen LogP contribution in [-0.2, 0) is 0 Å². The number of hydrogen-bond donors (Lipinski definition) is 1. The molecule has 0 saturated heterocycles. The highest BCUT2D eigenvalue weighted by atomic mass is 35.5. The molecule has 0 saturated carbocycles. The lowest BCUT2D eigenvalue weighted by molar-refractivity contribution is -0.385. The first kappa shape index (κ1) is 12.6. The minimum absolute atomic E-state index is 0.0757. The SMILES string of the molecule is CNCC=Cc1cc([N+](=O)[O-])c(Cl)nc1C. The van der Waals surface area contributed by atoms with E-state index < -0.39 is 4.92 Å². The molecule has 1 aromatic heterocycles. The summed E-state index contributed by atoms with van der Waals surface area (Å²) in [5.41, 5.74) is 1.20. The maximum absolute atomic E-state index is 10.7. The van der Waals surface area contributed by atoms with Crippen LogP contribution in [0.2, 0.25) is 5.15 Å². The molecule has 5 nitrogen and oxygen atoms in total. The number of aromatic nitrogens is 1. The number of likely N-dealkylation sites (N-methyl/N-ethyl adjacent to an activating group) is 1. The molecule has 0 unspecified atom stereocenters. The number of pyridine rings is 1. The third-order valence-corrected chi connectivity index (χ3v) is 2.28. The number of nitrogens with one attached hydrogen (secondary N) is 1. The fraction of sp³-hybridized carbons (Fsp3) is 0.300. The molecule has 0 aliphatic heterocycles. The van der Waals surface area contributed by atoms with Crippen molar-refractivity contribution in [1.29, 1.82) is 0 Å². The first-order valence-electron chi connectivity index (χ1n) is 4.69. The number of rotatable bonds is 4. The summed E-state index contributed by atoms with van der Waals surface area (Å²) >= 11 is 5.67. The predicted octanol–water partition coefficient (Wildman–Crippen LogP) is 2.18.